The van der Waals surface area contributed by atoms with Gasteiger partial charge in [0.1, 0.15) is 0 Å². The van der Waals surface area contributed by atoms with Gasteiger partial charge in [-0.2, -0.15) is 13.2 Å². The van der Waals surface area contributed by atoms with Gasteiger partial charge in [0, 0.05) is 0 Å². The van der Waals surface area contributed by atoms with Gasteiger partial charge in [-0.3, -0.25) is 0 Å². The third-order valence-corrected chi connectivity index (χ3v) is 5.17. The summed E-state index contributed by atoms with van der Waals surface area (Å²) in [6.45, 7) is 7.78. The highest BCUT2D eigenvalue weighted by atomic mass is 19.4. The van der Waals surface area contributed by atoms with Gasteiger partial charge in [0.25, 0.3) is 0 Å². The van der Waals surface area contributed by atoms with Crippen LogP contribution in [-0.2, 0) is 15.5 Å². The second kappa shape index (κ2) is 6.84. The SMILES string of the molecule is CC1(C)OB(/C(=C/c2ccccc2)c2ccc(C(F)(F)F)cc2)OC1(C)C. The zero-order valence-corrected chi connectivity index (χ0v) is 15.8. The van der Waals surface area contributed by atoms with E-state index in [0.717, 1.165) is 17.7 Å². The van der Waals surface area contributed by atoms with E-state index in [0.29, 0.717) is 11.0 Å². The maximum atomic E-state index is 12.9. The van der Waals surface area contributed by atoms with Crippen LogP contribution in [0.4, 0.5) is 13.2 Å². The van der Waals surface area contributed by atoms with Crippen LogP contribution in [0, 0.1) is 0 Å². The van der Waals surface area contributed by atoms with Crippen molar-refractivity contribution in [2.75, 3.05) is 0 Å². The average molecular weight is 374 g/mol. The molecule has 1 saturated heterocycles. The van der Waals surface area contributed by atoms with Gasteiger partial charge in [-0.1, -0.05) is 48.5 Å². The lowest BCUT2D eigenvalue weighted by atomic mass is 9.73. The molecule has 0 bridgehead atoms. The molecule has 0 aromatic heterocycles. The lowest BCUT2D eigenvalue weighted by Crippen LogP contribution is -2.41. The fraction of sp³-hybridized carbons (Fsp3) is 0.333. The number of halogens is 3. The summed E-state index contributed by atoms with van der Waals surface area (Å²) in [7, 11) is -0.674. The summed E-state index contributed by atoms with van der Waals surface area (Å²) in [5.74, 6) is 0. The summed E-state index contributed by atoms with van der Waals surface area (Å²) in [4.78, 5) is 0. The van der Waals surface area contributed by atoms with Gasteiger partial charge in [0.05, 0.1) is 16.8 Å². The molecule has 2 aromatic carbocycles. The average Bonchev–Trinajstić information content (AvgIpc) is 2.80. The predicted molar refractivity (Wildman–Crippen MR) is 102 cm³/mol. The van der Waals surface area contributed by atoms with Crippen molar-refractivity contribution >= 4 is 18.7 Å². The van der Waals surface area contributed by atoms with Crippen molar-refractivity contribution in [3.8, 4) is 0 Å². The Morgan fingerprint density at radius 2 is 1.37 bits per heavy atom. The minimum absolute atomic E-state index is 0.542. The van der Waals surface area contributed by atoms with Gasteiger partial charge in [0.15, 0.2) is 0 Å². The lowest BCUT2D eigenvalue weighted by Gasteiger charge is -2.32. The van der Waals surface area contributed by atoms with E-state index in [-0.39, 0.29) is 0 Å². The molecule has 0 aliphatic carbocycles. The molecule has 0 radical (unpaired) electrons. The summed E-state index contributed by atoms with van der Waals surface area (Å²) in [5, 5.41) is 0. The molecule has 0 spiro atoms. The molecule has 1 fully saturated rings. The van der Waals surface area contributed by atoms with Crippen LogP contribution < -0.4 is 0 Å². The van der Waals surface area contributed by atoms with Crippen LogP contribution in [0.1, 0.15) is 44.4 Å². The van der Waals surface area contributed by atoms with Crippen LogP contribution in [0.5, 0.6) is 0 Å². The number of alkyl halides is 3. The molecule has 1 aliphatic rings. The summed E-state index contributed by atoms with van der Waals surface area (Å²) in [6, 6.07) is 14.7. The molecule has 1 heterocycles. The van der Waals surface area contributed by atoms with E-state index in [9.17, 15) is 13.2 Å². The number of hydrogen-bond acceptors (Lipinski definition) is 2. The Bertz CT molecular complexity index is 809. The highest BCUT2D eigenvalue weighted by Crippen LogP contribution is 2.41. The quantitative estimate of drug-likeness (QED) is 0.494. The monoisotopic (exact) mass is 374 g/mol. The summed E-state index contributed by atoms with van der Waals surface area (Å²) in [5.41, 5.74) is 0.471. The van der Waals surface area contributed by atoms with Gasteiger partial charge in [-0.25, -0.2) is 0 Å². The smallest absolute Gasteiger partial charge is 0.399 e. The minimum atomic E-state index is -4.37. The molecular formula is C21H22BF3O2. The molecule has 3 rings (SSSR count). The zero-order chi connectivity index (χ0) is 19.9. The van der Waals surface area contributed by atoms with Crippen molar-refractivity contribution in [3.63, 3.8) is 0 Å². The van der Waals surface area contributed by atoms with Gasteiger partial charge in [-0.05, 0) is 56.4 Å². The van der Waals surface area contributed by atoms with Crippen molar-refractivity contribution in [1.82, 2.24) is 0 Å². The first-order valence-corrected chi connectivity index (χ1v) is 8.79. The highest BCUT2D eigenvalue weighted by molar-refractivity contribution is 6.70. The highest BCUT2D eigenvalue weighted by Gasteiger charge is 2.52. The second-order valence-corrected chi connectivity index (χ2v) is 7.67. The van der Waals surface area contributed by atoms with Crippen molar-refractivity contribution in [3.05, 3.63) is 71.3 Å². The molecule has 0 atom stereocenters. The minimum Gasteiger partial charge on any atom is -0.399 e. The number of benzene rings is 2. The van der Waals surface area contributed by atoms with Gasteiger partial charge in [0.2, 0.25) is 0 Å². The van der Waals surface area contributed by atoms with E-state index < -0.39 is 30.1 Å². The molecule has 0 saturated carbocycles. The van der Waals surface area contributed by atoms with Crippen LogP contribution in [0.25, 0.3) is 11.5 Å². The van der Waals surface area contributed by atoms with Gasteiger partial charge >= 0.3 is 13.3 Å². The molecule has 142 valence electrons. The van der Waals surface area contributed by atoms with Crippen molar-refractivity contribution in [2.45, 2.75) is 45.1 Å². The first-order valence-electron chi connectivity index (χ1n) is 8.79. The van der Waals surface area contributed by atoms with Crippen LogP contribution in [0.2, 0.25) is 0 Å². The molecule has 1 aliphatic heterocycles. The number of hydrogen-bond donors (Lipinski definition) is 0. The van der Waals surface area contributed by atoms with E-state index >= 15 is 0 Å². The van der Waals surface area contributed by atoms with E-state index in [4.69, 9.17) is 9.31 Å². The predicted octanol–water partition coefficient (Wildman–Crippen LogP) is 5.88. The van der Waals surface area contributed by atoms with Crippen LogP contribution in [-0.4, -0.2) is 18.3 Å². The van der Waals surface area contributed by atoms with Crippen molar-refractivity contribution in [1.29, 1.82) is 0 Å². The third-order valence-electron chi connectivity index (χ3n) is 5.17. The van der Waals surface area contributed by atoms with E-state index in [1.165, 1.54) is 12.1 Å². The maximum absolute atomic E-state index is 12.9. The first-order chi connectivity index (χ1) is 12.5. The third kappa shape index (κ3) is 4.12. The number of rotatable bonds is 3. The van der Waals surface area contributed by atoms with Crippen molar-refractivity contribution in [2.24, 2.45) is 0 Å². The van der Waals surface area contributed by atoms with Crippen molar-refractivity contribution < 1.29 is 22.5 Å². The topological polar surface area (TPSA) is 18.5 Å². The van der Waals surface area contributed by atoms with E-state index in [2.05, 4.69) is 0 Å². The summed E-state index contributed by atoms with van der Waals surface area (Å²) >= 11 is 0. The normalized spacial score (nSPS) is 19.4. The van der Waals surface area contributed by atoms with Crippen LogP contribution in [0.15, 0.2) is 54.6 Å². The van der Waals surface area contributed by atoms with Gasteiger partial charge < -0.3 is 9.31 Å². The largest absolute Gasteiger partial charge is 0.495 e. The lowest BCUT2D eigenvalue weighted by molar-refractivity contribution is -0.137. The first kappa shape index (κ1) is 19.7. The molecule has 0 N–H and O–H groups in total. The standard InChI is InChI=1S/C21H22BF3O2/c1-19(2)20(3,4)27-22(26-19)18(14-15-8-6-5-7-9-15)16-10-12-17(13-11-16)21(23,24)25/h5-14H,1-4H3/b18-14+. The Kier molecular flexibility index (Phi) is 4.99. The Labute approximate surface area is 158 Å². The maximum Gasteiger partial charge on any atom is 0.495 e. The molecule has 2 nitrogen and oxygen atoms in total. The molecular weight excluding hydrogens is 352 g/mol. The molecule has 6 heteroatoms. The zero-order valence-electron chi connectivity index (χ0n) is 15.8. The second-order valence-electron chi connectivity index (χ2n) is 7.67. The molecule has 0 amide bonds. The summed E-state index contributed by atoms with van der Waals surface area (Å²) < 4.78 is 51.0. The fourth-order valence-electron chi connectivity index (χ4n) is 2.84. The Hall–Kier alpha value is -2.05. The molecule has 0 unspecified atom stereocenters. The summed E-state index contributed by atoms with van der Waals surface area (Å²) in [6.07, 6.45) is -2.48. The van der Waals surface area contributed by atoms with Crippen LogP contribution in [0.3, 0.4) is 0 Å². The Balaban J connectivity index is 2.03. The molecule has 27 heavy (non-hydrogen) atoms. The van der Waals surface area contributed by atoms with E-state index in [1.54, 1.807) is 0 Å². The van der Waals surface area contributed by atoms with E-state index in [1.807, 2.05) is 64.1 Å². The Morgan fingerprint density at radius 1 is 0.852 bits per heavy atom. The van der Waals surface area contributed by atoms with Crippen LogP contribution >= 0.6 is 0 Å². The fourth-order valence-corrected chi connectivity index (χ4v) is 2.84. The Morgan fingerprint density at radius 3 is 1.85 bits per heavy atom. The molecule has 2 aromatic rings. The van der Waals surface area contributed by atoms with Gasteiger partial charge in [-0.15, -0.1) is 0 Å².